The summed E-state index contributed by atoms with van der Waals surface area (Å²) in [7, 11) is 0. The van der Waals surface area contributed by atoms with Gasteiger partial charge in [0.25, 0.3) is 0 Å². The van der Waals surface area contributed by atoms with Crippen LogP contribution in [0.25, 0.3) is 6.08 Å². The van der Waals surface area contributed by atoms with Gasteiger partial charge in [-0.2, -0.15) is 0 Å². The van der Waals surface area contributed by atoms with Gasteiger partial charge in [-0.25, -0.2) is 9.79 Å². The minimum absolute atomic E-state index is 0.208. The van der Waals surface area contributed by atoms with E-state index in [0.29, 0.717) is 28.5 Å². The van der Waals surface area contributed by atoms with Crippen molar-refractivity contribution in [3.63, 3.8) is 0 Å². The molecule has 2 aromatic rings. The molecule has 3 rings (SSSR count). The van der Waals surface area contributed by atoms with Crippen molar-refractivity contribution in [3.05, 3.63) is 70.4 Å². The van der Waals surface area contributed by atoms with Crippen LogP contribution < -0.4 is 4.74 Å². The number of esters is 1. The number of aliphatic imine (C=N–C) groups is 1. The van der Waals surface area contributed by atoms with E-state index in [1.54, 1.807) is 18.2 Å². The van der Waals surface area contributed by atoms with E-state index in [-0.39, 0.29) is 11.6 Å². The first kappa shape index (κ1) is 15.3. The maximum atomic E-state index is 12.1. The first-order valence-electron chi connectivity index (χ1n) is 7.18. The molecule has 0 aliphatic carbocycles. The second-order valence-corrected chi connectivity index (χ2v) is 5.19. The lowest BCUT2D eigenvalue weighted by molar-refractivity contribution is -0.129. The predicted octanol–water partition coefficient (Wildman–Crippen LogP) is 4.08. The summed E-state index contributed by atoms with van der Waals surface area (Å²) in [6.07, 6.45) is 1.61. The molecule has 0 amide bonds. The minimum Gasteiger partial charge on any atom is -0.493 e. The molecular weight excluding hydrogens is 314 g/mol. The zero-order valence-electron chi connectivity index (χ0n) is 12.5. The summed E-state index contributed by atoms with van der Waals surface area (Å²) in [5, 5.41) is 0.547. The third-order valence-electron chi connectivity index (χ3n) is 3.24. The number of para-hydroxylation sites is 1. The topological polar surface area (TPSA) is 47.9 Å². The molecule has 0 aromatic heterocycles. The molecule has 0 radical (unpaired) electrons. The molecule has 23 heavy (non-hydrogen) atoms. The van der Waals surface area contributed by atoms with Crippen LogP contribution in [-0.4, -0.2) is 18.5 Å². The maximum Gasteiger partial charge on any atom is 0.363 e. The van der Waals surface area contributed by atoms with E-state index in [1.165, 1.54) is 0 Å². The third kappa shape index (κ3) is 3.27. The van der Waals surface area contributed by atoms with Crippen LogP contribution in [0.1, 0.15) is 18.1 Å². The quantitative estimate of drug-likeness (QED) is 0.628. The van der Waals surface area contributed by atoms with Crippen LogP contribution in [0.3, 0.4) is 0 Å². The van der Waals surface area contributed by atoms with E-state index < -0.39 is 5.97 Å². The molecule has 0 saturated heterocycles. The third-order valence-corrected chi connectivity index (χ3v) is 3.58. The van der Waals surface area contributed by atoms with E-state index in [2.05, 4.69) is 4.99 Å². The van der Waals surface area contributed by atoms with Crippen LogP contribution >= 0.6 is 11.6 Å². The van der Waals surface area contributed by atoms with E-state index in [4.69, 9.17) is 21.1 Å². The number of hydrogen-bond acceptors (Lipinski definition) is 4. The summed E-state index contributed by atoms with van der Waals surface area (Å²) in [6.45, 7) is 2.41. The average molecular weight is 328 g/mol. The fraction of sp³-hybridized carbons (Fsp3) is 0.111. The van der Waals surface area contributed by atoms with Crippen LogP contribution in [0.15, 0.2) is 59.2 Å². The van der Waals surface area contributed by atoms with Gasteiger partial charge in [0.05, 0.1) is 12.2 Å². The summed E-state index contributed by atoms with van der Waals surface area (Å²) in [6, 6.07) is 14.5. The molecule has 116 valence electrons. The van der Waals surface area contributed by atoms with Crippen molar-refractivity contribution in [2.45, 2.75) is 6.92 Å². The molecule has 5 heteroatoms. The molecule has 0 atom stereocenters. The van der Waals surface area contributed by atoms with Crippen LogP contribution in [0, 0.1) is 0 Å². The molecular formula is C18H14ClNO3. The van der Waals surface area contributed by atoms with Crippen molar-refractivity contribution in [3.8, 4) is 5.75 Å². The van der Waals surface area contributed by atoms with Crippen molar-refractivity contribution in [1.82, 2.24) is 0 Å². The lowest BCUT2D eigenvalue weighted by Crippen LogP contribution is -2.07. The molecule has 0 N–H and O–H groups in total. The van der Waals surface area contributed by atoms with Gasteiger partial charge >= 0.3 is 5.97 Å². The highest BCUT2D eigenvalue weighted by Crippen LogP contribution is 2.26. The van der Waals surface area contributed by atoms with Gasteiger partial charge in [-0.1, -0.05) is 41.9 Å². The highest BCUT2D eigenvalue weighted by atomic mass is 35.5. The van der Waals surface area contributed by atoms with Gasteiger partial charge in [0.15, 0.2) is 5.70 Å². The SMILES string of the molecule is CCOc1ccccc1C1=N/C(=C/c2ccccc2Cl)C(=O)O1. The molecule has 0 fully saturated rings. The van der Waals surface area contributed by atoms with Gasteiger partial charge in [-0.15, -0.1) is 0 Å². The Morgan fingerprint density at radius 1 is 1.17 bits per heavy atom. The predicted molar refractivity (Wildman–Crippen MR) is 89.7 cm³/mol. The highest BCUT2D eigenvalue weighted by molar-refractivity contribution is 6.32. The van der Waals surface area contributed by atoms with Gasteiger partial charge < -0.3 is 9.47 Å². The normalized spacial score (nSPS) is 15.5. The number of halogens is 1. The Morgan fingerprint density at radius 2 is 1.91 bits per heavy atom. The average Bonchev–Trinajstić information content (AvgIpc) is 2.91. The summed E-state index contributed by atoms with van der Waals surface area (Å²) in [5.41, 5.74) is 1.56. The van der Waals surface area contributed by atoms with Gasteiger partial charge in [0.2, 0.25) is 5.90 Å². The van der Waals surface area contributed by atoms with Crippen LogP contribution in [-0.2, 0) is 9.53 Å². The van der Waals surface area contributed by atoms with E-state index >= 15 is 0 Å². The molecule has 0 bridgehead atoms. The van der Waals surface area contributed by atoms with Crippen molar-refractivity contribution in [2.24, 2.45) is 4.99 Å². The Balaban J connectivity index is 1.98. The first-order valence-corrected chi connectivity index (χ1v) is 7.56. The molecule has 1 aliphatic heterocycles. The lowest BCUT2D eigenvalue weighted by atomic mass is 10.2. The summed E-state index contributed by atoms with van der Waals surface area (Å²) >= 11 is 6.11. The van der Waals surface area contributed by atoms with Gasteiger partial charge in [0.1, 0.15) is 5.75 Å². The molecule has 2 aromatic carbocycles. The van der Waals surface area contributed by atoms with E-state index in [0.717, 1.165) is 0 Å². The van der Waals surface area contributed by atoms with Crippen molar-refractivity contribution in [1.29, 1.82) is 0 Å². The first-order chi connectivity index (χ1) is 11.2. The maximum absolute atomic E-state index is 12.1. The molecule has 0 saturated carbocycles. The fourth-order valence-electron chi connectivity index (χ4n) is 2.19. The Morgan fingerprint density at radius 3 is 2.70 bits per heavy atom. The smallest absolute Gasteiger partial charge is 0.363 e. The number of carbonyl (C=O) groups is 1. The number of cyclic esters (lactones) is 1. The van der Waals surface area contributed by atoms with E-state index in [9.17, 15) is 4.79 Å². The summed E-state index contributed by atoms with van der Waals surface area (Å²) in [5.74, 6) is 0.351. The number of ether oxygens (including phenoxy) is 2. The van der Waals surface area contributed by atoms with Crippen LogP contribution in [0.4, 0.5) is 0 Å². The zero-order valence-corrected chi connectivity index (χ0v) is 13.2. The molecule has 0 spiro atoms. The fourth-order valence-corrected chi connectivity index (χ4v) is 2.38. The Bertz CT molecular complexity index is 811. The minimum atomic E-state index is -0.508. The summed E-state index contributed by atoms with van der Waals surface area (Å²) in [4.78, 5) is 16.3. The van der Waals surface area contributed by atoms with Gasteiger partial charge in [-0.3, -0.25) is 0 Å². The highest BCUT2D eigenvalue weighted by Gasteiger charge is 2.26. The zero-order chi connectivity index (χ0) is 16.2. The molecule has 1 aliphatic rings. The van der Waals surface area contributed by atoms with Crippen molar-refractivity contribution in [2.75, 3.05) is 6.61 Å². The number of nitrogens with zero attached hydrogens (tertiary/aromatic N) is 1. The Kier molecular flexibility index (Phi) is 4.44. The second-order valence-electron chi connectivity index (χ2n) is 4.79. The van der Waals surface area contributed by atoms with E-state index in [1.807, 2.05) is 43.3 Å². The molecule has 4 nitrogen and oxygen atoms in total. The monoisotopic (exact) mass is 327 g/mol. The standard InChI is InChI=1S/C18H14ClNO3/c1-2-22-16-10-6-4-8-13(16)17-20-15(18(21)23-17)11-12-7-3-5-9-14(12)19/h3-11H,2H2,1H3/b15-11+. The van der Waals surface area contributed by atoms with Gasteiger partial charge in [0, 0.05) is 5.02 Å². The number of benzene rings is 2. The molecule has 1 heterocycles. The largest absolute Gasteiger partial charge is 0.493 e. The lowest BCUT2D eigenvalue weighted by Gasteiger charge is -2.08. The van der Waals surface area contributed by atoms with Crippen molar-refractivity contribution >= 4 is 29.5 Å². The van der Waals surface area contributed by atoms with Crippen molar-refractivity contribution < 1.29 is 14.3 Å². The Labute approximate surface area is 139 Å². The second kappa shape index (κ2) is 6.67. The summed E-state index contributed by atoms with van der Waals surface area (Å²) < 4.78 is 10.8. The number of carbonyl (C=O) groups excluding carboxylic acids is 1. The number of hydrogen-bond donors (Lipinski definition) is 0. The molecule has 0 unspecified atom stereocenters. The number of rotatable bonds is 4. The van der Waals surface area contributed by atoms with Crippen LogP contribution in [0.5, 0.6) is 5.75 Å². The van der Waals surface area contributed by atoms with Crippen LogP contribution in [0.2, 0.25) is 5.02 Å². The van der Waals surface area contributed by atoms with Gasteiger partial charge in [-0.05, 0) is 36.8 Å². The Hall–Kier alpha value is -2.59.